The normalized spacial score (nSPS) is 35.5. The van der Waals surface area contributed by atoms with Gasteiger partial charge in [-0.3, -0.25) is 9.09 Å². The van der Waals surface area contributed by atoms with Crippen LogP contribution < -0.4 is 0 Å². The third-order valence-electron chi connectivity index (χ3n) is 1.46. The summed E-state index contributed by atoms with van der Waals surface area (Å²) in [4.78, 5) is 0. The lowest BCUT2D eigenvalue weighted by Gasteiger charge is -2.19. The van der Waals surface area contributed by atoms with Crippen LogP contribution in [0.5, 0.6) is 0 Å². The Hall–Kier alpha value is 0.620. The Labute approximate surface area is 79.8 Å². The highest BCUT2D eigenvalue weighted by Gasteiger charge is 2.40. The van der Waals surface area contributed by atoms with Crippen molar-refractivity contribution < 1.29 is 13.6 Å². The Morgan fingerprint density at radius 1 is 1.73 bits per heavy atom. The lowest BCUT2D eigenvalue weighted by atomic mass is 10.1. The van der Waals surface area contributed by atoms with E-state index in [4.69, 9.17) is 9.05 Å². The zero-order valence-electron chi connectivity index (χ0n) is 6.63. The minimum absolute atomic E-state index is 0.452. The second kappa shape index (κ2) is 2.83. The fourth-order valence-corrected chi connectivity index (χ4v) is 3.64. The third-order valence-corrected chi connectivity index (χ3v) is 5.35. The number of hydrogen-bond donors (Lipinski definition) is 0. The molecule has 64 valence electrons. The molecule has 1 heterocycles. The van der Waals surface area contributed by atoms with E-state index in [1.807, 2.05) is 13.8 Å². The molecule has 0 aromatic carbocycles. The summed E-state index contributed by atoms with van der Waals surface area (Å²) in [5.41, 5.74) is -0.452. The van der Waals surface area contributed by atoms with Gasteiger partial charge in [-0.05, 0) is 36.4 Å². The minimum Gasteiger partial charge on any atom is -0.309 e. The maximum atomic E-state index is 11.5. The van der Waals surface area contributed by atoms with Crippen molar-refractivity contribution in [2.45, 2.75) is 19.4 Å². The van der Waals surface area contributed by atoms with Crippen molar-refractivity contribution in [3.63, 3.8) is 0 Å². The van der Waals surface area contributed by atoms with Gasteiger partial charge in [0.05, 0.1) is 0 Å². The molecule has 0 saturated heterocycles. The summed E-state index contributed by atoms with van der Waals surface area (Å²) in [5, 5.41) is 0. The molecular weight excluding hydrogens is 278 g/mol. The highest BCUT2D eigenvalue weighted by Crippen LogP contribution is 2.61. The molecule has 3 nitrogen and oxygen atoms in total. The molecule has 11 heavy (non-hydrogen) atoms. The van der Waals surface area contributed by atoms with Gasteiger partial charge < -0.3 is 4.52 Å². The third kappa shape index (κ3) is 1.86. The van der Waals surface area contributed by atoms with Gasteiger partial charge in [0.1, 0.15) is 5.60 Å². The predicted octanol–water partition coefficient (Wildman–Crippen LogP) is 2.91. The average Bonchev–Trinajstić information content (AvgIpc) is 2.04. The summed E-state index contributed by atoms with van der Waals surface area (Å²) in [6.45, 7) is 3.73. The summed E-state index contributed by atoms with van der Waals surface area (Å²) in [7, 11) is -1.51. The van der Waals surface area contributed by atoms with Crippen LogP contribution in [0.1, 0.15) is 13.8 Å². The van der Waals surface area contributed by atoms with Gasteiger partial charge in [-0.2, -0.15) is 0 Å². The van der Waals surface area contributed by atoms with Crippen LogP contribution in [0.2, 0.25) is 0 Å². The molecule has 0 fully saturated rings. The first kappa shape index (κ1) is 9.71. The molecule has 5 heteroatoms. The summed E-state index contributed by atoms with van der Waals surface area (Å²) in [5.74, 6) is 1.56. The number of rotatable bonds is 1. The van der Waals surface area contributed by atoms with Crippen molar-refractivity contribution in [1.82, 2.24) is 0 Å². The fourth-order valence-electron chi connectivity index (χ4n) is 0.772. The number of halogens is 1. The molecule has 0 aliphatic carbocycles. The summed E-state index contributed by atoms with van der Waals surface area (Å²) < 4.78 is 22.4. The molecule has 0 amide bonds. The van der Waals surface area contributed by atoms with Crippen molar-refractivity contribution in [1.29, 1.82) is 0 Å². The molecule has 0 radical (unpaired) electrons. The average molecular weight is 288 g/mol. The van der Waals surface area contributed by atoms with Crippen LogP contribution in [-0.2, 0) is 13.6 Å². The Balaban J connectivity index is 2.96. The lowest BCUT2D eigenvalue weighted by Crippen LogP contribution is -2.18. The van der Waals surface area contributed by atoms with E-state index < -0.39 is 13.2 Å². The molecular formula is C6H10IO3P. The zero-order valence-corrected chi connectivity index (χ0v) is 9.68. The van der Waals surface area contributed by atoms with Gasteiger partial charge in [0, 0.05) is 16.5 Å². The Morgan fingerprint density at radius 3 is 2.45 bits per heavy atom. The first-order valence-corrected chi connectivity index (χ1v) is 5.84. The first-order valence-electron chi connectivity index (χ1n) is 3.15. The van der Waals surface area contributed by atoms with Gasteiger partial charge in [0.15, 0.2) is 0 Å². The second-order valence-electron chi connectivity index (χ2n) is 2.80. The molecule has 0 aromatic heterocycles. The molecule has 0 bridgehead atoms. The van der Waals surface area contributed by atoms with Crippen LogP contribution in [0, 0.1) is 0 Å². The highest BCUT2D eigenvalue weighted by atomic mass is 127. The largest absolute Gasteiger partial charge is 0.355 e. The van der Waals surface area contributed by atoms with E-state index in [0.29, 0.717) is 0 Å². The SMILES string of the molecule is COP1(=O)C=C(I)C(C)(C)O1. The van der Waals surface area contributed by atoms with E-state index >= 15 is 0 Å². The smallest absolute Gasteiger partial charge is 0.309 e. The van der Waals surface area contributed by atoms with Gasteiger partial charge >= 0.3 is 7.60 Å². The van der Waals surface area contributed by atoms with Crippen molar-refractivity contribution in [2.75, 3.05) is 7.11 Å². The fraction of sp³-hybridized carbons (Fsp3) is 0.667. The predicted molar refractivity (Wildman–Crippen MR) is 51.9 cm³/mol. The van der Waals surface area contributed by atoms with E-state index in [0.717, 1.165) is 3.58 Å². The summed E-state index contributed by atoms with van der Waals surface area (Å²) in [6.07, 6.45) is 0. The molecule has 0 N–H and O–H groups in total. The Kier molecular flexibility index (Phi) is 2.50. The first-order chi connectivity index (χ1) is 4.90. The van der Waals surface area contributed by atoms with Gasteiger partial charge in [-0.15, -0.1) is 0 Å². The minimum atomic E-state index is -2.90. The van der Waals surface area contributed by atoms with E-state index in [9.17, 15) is 4.57 Å². The van der Waals surface area contributed by atoms with Gasteiger partial charge in [-0.25, -0.2) is 0 Å². The van der Waals surface area contributed by atoms with E-state index in [1.165, 1.54) is 7.11 Å². The zero-order chi connectivity index (χ0) is 8.70. The van der Waals surface area contributed by atoms with E-state index in [1.54, 1.807) is 5.82 Å². The lowest BCUT2D eigenvalue weighted by molar-refractivity contribution is 0.143. The molecule has 1 aliphatic rings. The van der Waals surface area contributed by atoms with Crippen molar-refractivity contribution >= 4 is 30.2 Å². The maximum Gasteiger partial charge on any atom is 0.355 e. The van der Waals surface area contributed by atoms with Crippen molar-refractivity contribution in [2.24, 2.45) is 0 Å². The Bertz CT molecular complexity index is 246. The standard InChI is InChI=1S/C6H10IO3P/c1-6(2)5(7)4-11(8,9-3)10-6/h4H,1-3H3. The van der Waals surface area contributed by atoms with E-state index in [2.05, 4.69) is 22.6 Å². The number of hydrogen-bond acceptors (Lipinski definition) is 3. The molecule has 1 aliphatic heterocycles. The van der Waals surface area contributed by atoms with Crippen LogP contribution in [0.4, 0.5) is 0 Å². The van der Waals surface area contributed by atoms with Crippen LogP contribution in [-0.4, -0.2) is 12.7 Å². The molecule has 0 aromatic rings. The van der Waals surface area contributed by atoms with Gasteiger partial charge in [-0.1, -0.05) is 0 Å². The van der Waals surface area contributed by atoms with Crippen LogP contribution >= 0.6 is 30.2 Å². The molecule has 1 atom stereocenters. The van der Waals surface area contributed by atoms with E-state index in [-0.39, 0.29) is 0 Å². The summed E-state index contributed by atoms with van der Waals surface area (Å²) >= 11 is 2.11. The van der Waals surface area contributed by atoms with Crippen LogP contribution in [0.3, 0.4) is 0 Å². The molecule has 1 unspecified atom stereocenters. The van der Waals surface area contributed by atoms with Crippen LogP contribution in [0.15, 0.2) is 9.40 Å². The summed E-state index contributed by atoms with van der Waals surface area (Å²) in [6, 6.07) is 0. The van der Waals surface area contributed by atoms with Crippen LogP contribution in [0.25, 0.3) is 0 Å². The van der Waals surface area contributed by atoms with Crippen molar-refractivity contribution in [3.8, 4) is 0 Å². The quantitative estimate of drug-likeness (QED) is 0.549. The van der Waals surface area contributed by atoms with Gasteiger partial charge in [0.25, 0.3) is 0 Å². The molecule has 0 spiro atoms. The van der Waals surface area contributed by atoms with Gasteiger partial charge in [0.2, 0.25) is 0 Å². The topological polar surface area (TPSA) is 35.5 Å². The maximum absolute atomic E-state index is 11.5. The second-order valence-corrected chi connectivity index (χ2v) is 5.85. The van der Waals surface area contributed by atoms with Crippen molar-refractivity contribution in [3.05, 3.63) is 9.40 Å². The Morgan fingerprint density at radius 2 is 2.27 bits per heavy atom. The highest BCUT2D eigenvalue weighted by molar-refractivity contribution is 14.1. The molecule has 0 saturated carbocycles. The molecule has 1 rings (SSSR count). The monoisotopic (exact) mass is 288 g/mol.